The first-order valence-corrected chi connectivity index (χ1v) is 5.16. The first-order valence-electron chi connectivity index (χ1n) is 5.16. The molecule has 1 N–H and O–H groups in total. The zero-order chi connectivity index (χ0) is 11.4. The summed E-state index contributed by atoms with van der Waals surface area (Å²) >= 11 is 0. The third-order valence-electron chi connectivity index (χ3n) is 2.47. The van der Waals surface area contributed by atoms with Crippen LogP contribution in [0.4, 0.5) is 4.39 Å². The fraction of sp³-hybridized carbons (Fsp3) is 0.154. The van der Waals surface area contributed by atoms with Crippen LogP contribution >= 0.6 is 0 Å². The highest BCUT2D eigenvalue weighted by Gasteiger charge is 2.05. The molecule has 0 bridgehead atoms. The molecule has 0 unspecified atom stereocenters. The van der Waals surface area contributed by atoms with Crippen LogP contribution in [0.15, 0.2) is 42.7 Å². The van der Waals surface area contributed by atoms with Crippen LogP contribution in [0.25, 0.3) is 0 Å². The van der Waals surface area contributed by atoms with Crippen molar-refractivity contribution in [2.45, 2.75) is 12.8 Å². The number of carbonyl (C=O) groups is 1. The van der Waals surface area contributed by atoms with E-state index in [-0.39, 0.29) is 11.6 Å². The number of rotatable bonds is 4. The van der Waals surface area contributed by atoms with Crippen molar-refractivity contribution in [3.05, 3.63) is 59.7 Å². The summed E-state index contributed by atoms with van der Waals surface area (Å²) in [5, 5.41) is 0. The van der Waals surface area contributed by atoms with Gasteiger partial charge in [0.1, 0.15) is 5.82 Å². The Hall–Kier alpha value is -1.90. The number of benzene rings is 1. The van der Waals surface area contributed by atoms with Crippen molar-refractivity contribution in [2.24, 2.45) is 0 Å². The molecule has 2 rings (SSSR count). The number of ketones is 1. The smallest absolute Gasteiger partial charge is 0.164 e. The molecule has 0 radical (unpaired) electrons. The molecule has 3 heteroatoms. The van der Waals surface area contributed by atoms with Crippen molar-refractivity contribution in [2.75, 3.05) is 0 Å². The molecule has 0 aliphatic carbocycles. The normalized spacial score (nSPS) is 10.3. The van der Waals surface area contributed by atoms with Gasteiger partial charge in [0.2, 0.25) is 0 Å². The molecule has 1 aromatic heterocycles. The summed E-state index contributed by atoms with van der Waals surface area (Å²) in [6.45, 7) is 0. The van der Waals surface area contributed by atoms with E-state index in [2.05, 4.69) is 4.98 Å². The quantitative estimate of drug-likeness (QED) is 0.784. The molecule has 1 heterocycles. The monoisotopic (exact) mass is 217 g/mol. The van der Waals surface area contributed by atoms with Crippen molar-refractivity contribution in [1.29, 1.82) is 0 Å². The van der Waals surface area contributed by atoms with Crippen LogP contribution in [0.5, 0.6) is 0 Å². The first-order chi connectivity index (χ1) is 7.75. The van der Waals surface area contributed by atoms with E-state index in [4.69, 9.17) is 0 Å². The van der Waals surface area contributed by atoms with Crippen LogP contribution in [0.1, 0.15) is 22.3 Å². The molecule has 0 saturated heterocycles. The summed E-state index contributed by atoms with van der Waals surface area (Å²) in [6, 6.07) is 8.00. The number of aromatic nitrogens is 1. The van der Waals surface area contributed by atoms with Crippen LogP contribution in [0.2, 0.25) is 0 Å². The lowest BCUT2D eigenvalue weighted by molar-refractivity contribution is 0.0983. The maximum Gasteiger partial charge on any atom is 0.164 e. The van der Waals surface area contributed by atoms with E-state index in [1.807, 2.05) is 0 Å². The van der Waals surface area contributed by atoms with Gasteiger partial charge in [-0.25, -0.2) is 4.39 Å². The third-order valence-corrected chi connectivity index (χ3v) is 2.47. The van der Waals surface area contributed by atoms with Gasteiger partial charge in [0.05, 0.1) is 0 Å². The molecule has 2 aromatic rings. The summed E-state index contributed by atoms with van der Waals surface area (Å²) in [6.07, 6.45) is 4.51. The summed E-state index contributed by atoms with van der Waals surface area (Å²) in [5.74, 6) is -0.147. The van der Waals surface area contributed by atoms with Crippen molar-refractivity contribution in [3.63, 3.8) is 0 Å². The number of aromatic amines is 1. The van der Waals surface area contributed by atoms with E-state index in [9.17, 15) is 9.18 Å². The highest BCUT2D eigenvalue weighted by Crippen LogP contribution is 2.09. The molecule has 0 saturated carbocycles. The minimum Gasteiger partial charge on any atom is -0.367 e. The van der Waals surface area contributed by atoms with Crippen molar-refractivity contribution < 1.29 is 9.18 Å². The van der Waals surface area contributed by atoms with E-state index >= 15 is 0 Å². The van der Waals surface area contributed by atoms with Crippen LogP contribution in [-0.2, 0) is 6.42 Å². The van der Waals surface area contributed by atoms with Crippen molar-refractivity contribution in [1.82, 2.24) is 4.98 Å². The highest BCUT2D eigenvalue weighted by atomic mass is 19.1. The van der Waals surface area contributed by atoms with Gasteiger partial charge < -0.3 is 4.98 Å². The maximum absolute atomic E-state index is 12.6. The van der Waals surface area contributed by atoms with Gasteiger partial charge in [-0.3, -0.25) is 4.79 Å². The molecular weight excluding hydrogens is 205 g/mol. The zero-order valence-corrected chi connectivity index (χ0v) is 8.74. The van der Waals surface area contributed by atoms with Crippen LogP contribution in [0.3, 0.4) is 0 Å². The summed E-state index contributed by atoms with van der Waals surface area (Å²) in [4.78, 5) is 14.5. The lowest BCUT2D eigenvalue weighted by atomic mass is 10.0. The van der Waals surface area contributed by atoms with Crippen LogP contribution in [0, 0.1) is 5.82 Å². The largest absolute Gasteiger partial charge is 0.367 e. The van der Waals surface area contributed by atoms with Crippen LogP contribution in [-0.4, -0.2) is 10.8 Å². The van der Waals surface area contributed by atoms with Crippen molar-refractivity contribution >= 4 is 5.78 Å². The van der Waals surface area contributed by atoms with E-state index in [1.165, 1.54) is 12.1 Å². The SMILES string of the molecule is O=C(CCc1ccc(F)cc1)c1cc[nH]c1. The Bertz CT molecular complexity index is 459. The fourth-order valence-corrected chi connectivity index (χ4v) is 1.55. The van der Waals surface area contributed by atoms with Crippen LogP contribution < -0.4 is 0 Å². The molecule has 0 amide bonds. The van der Waals surface area contributed by atoms with Gasteiger partial charge in [-0.05, 0) is 30.2 Å². The summed E-state index contributed by atoms with van der Waals surface area (Å²) in [5.41, 5.74) is 1.67. The number of aryl methyl sites for hydroxylation is 1. The molecule has 0 spiro atoms. The van der Waals surface area contributed by atoms with Gasteiger partial charge in [0.25, 0.3) is 0 Å². The van der Waals surface area contributed by atoms with Gasteiger partial charge in [-0.1, -0.05) is 12.1 Å². The minimum absolute atomic E-state index is 0.102. The number of nitrogens with one attached hydrogen (secondary N) is 1. The Balaban J connectivity index is 1.93. The Morgan fingerprint density at radius 1 is 1.19 bits per heavy atom. The lowest BCUT2D eigenvalue weighted by Gasteiger charge is -1.99. The topological polar surface area (TPSA) is 32.9 Å². The number of halogens is 1. The van der Waals surface area contributed by atoms with Gasteiger partial charge in [0.15, 0.2) is 5.78 Å². The average Bonchev–Trinajstić information content (AvgIpc) is 2.81. The third kappa shape index (κ3) is 2.57. The maximum atomic E-state index is 12.6. The van der Waals surface area contributed by atoms with Gasteiger partial charge in [-0.15, -0.1) is 0 Å². The second-order valence-corrected chi connectivity index (χ2v) is 3.65. The van der Waals surface area contributed by atoms with Gasteiger partial charge >= 0.3 is 0 Å². The molecule has 0 fully saturated rings. The van der Waals surface area contributed by atoms with Crippen molar-refractivity contribution in [3.8, 4) is 0 Å². The van der Waals surface area contributed by atoms with E-state index < -0.39 is 0 Å². The van der Waals surface area contributed by atoms with Gasteiger partial charge in [0, 0.05) is 24.4 Å². The second-order valence-electron chi connectivity index (χ2n) is 3.65. The predicted octanol–water partition coefficient (Wildman–Crippen LogP) is 2.97. The molecule has 16 heavy (non-hydrogen) atoms. The molecule has 1 aromatic carbocycles. The Morgan fingerprint density at radius 3 is 2.56 bits per heavy atom. The predicted molar refractivity (Wildman–Crippen MR) is 59.8 cm³/mol. The number of hydrogen-bond acceptors (Lipinski definition) is 1. The van der Waals surface area contributed by atoms with E-state index in [0.717, 1.165) is 5.56 Å². The molecule has 82 valence electrons. The minimum atomic E-state index is -0.249. The zero-order valence-electron chi connectivity index (χ0n) is 8.74. The molecule has 0 aliphatic rings. The summed E-state index contributed by atoms with van der Waals surface area (Å²) in [7, 11) is 0. The molecule has 2 nitrogen and oxygen atoms in total. The molecule has 0 aliphatic heterocycles. The standard InChI is InChI=1S/C13H12FNO/c14-12-4-1-10(2-5-12)3-6-13(16)11-7-8-15-9-11/h1-2,4-5,7-9,15H,3,6H2. The van der Waals surface area contributed by atoms with E-state index in [0.29, 0.717) is 18.4 Å². The second kappa shape index (κ2) is 4.75. The summed E-state index contributed by atoms with van der Waals surface area (Å²) < 4.78 is 12.6. The average molecular weight is 217 g/mol. The Labute approximate surface area is 93.1 Å². The first kappa shape index (κ1) is 10.6. The number of H-pyrrole nitrogens is 1. The number of carbonyl (C=O) groups excluding carboxylic acids is 1. The molecular formula is C13H12FNO. The van der Waals surface area contributed by atoms with E-state index in [1.54, 1.807) is 30.6 Å². The Kier molecular flexibility index (Phi) is 3.15. The number of Topliss-reactive ketones (excluding diaryl/α,β-unsaturated/α-hetero) is 1. The molecule has 0 atom stereocenters. The lowest BCUT2D eigenvalue weighted by Crippen LogP contribution is -1.99. The van der Waals surface area contributed by atoms with Gasteiger partial charge in [-0.2, -0.15) is 0 Å². The number of hydrogen-bond donors (Lipinski definition) is 1. The highest BCUT2D eigenvalue weighted by molar-refractivity contribution is 5.95. The fourth-order valence-electron chi connectivity index (χ4n) is 1.55. The Morgan fingerprint density at radius 2 is 1.94 bits per heavy atom.